The first-order valence-electron chi connectivity index (χ1n) is 7.15. The monoisotopic (exact) mass is 361 g/mol. The van der Waals surface area contributed by atoms with Crippen LogP contribution in [0.15, 0.2) is 51.4 Å². The Kier molecular flexibility index (Phi) is 5.50. The van der Waals surface area contributed by atoms with Crippen molar-refractivity contribution in [3.8, 4) is 16.5 Å². The predicted octanol–water partition coefficient (Wildman–Crippen LogP) is 3.22. The van der Waals surface area contributed by atoms with Crippen molar-refractivity contribution in [3.63, 3.8) is 0 Å². The third kappa shape index (κ3) is 4.15. The van der Waals surface area contributed by atoms with Gasteiger partial charge in [-0.2, -0.15) is 0 Å². The van der Waals surface area contributed by atoms with E-state index in [0.29, 0.717) is 17.7 Å². The first kappa shape index (κ1) is 16.5. The lowest BCUT2D eigenvalue weighted by atomic mass is 10.2. The van der Waals surface area contributed by atoms with Crippen molar-refractivity contribution in [1.82, 2.24) is 15.5 Å². The van der Waals surface area contributed by atoms with Crippen LogP contribution in [-0.4, -0.2) is 29.0 Å². The van der Waals surface area contributed by atoms with Gasteiger partial charge >= 0.3 is 0 Å². The first-order chi connectivity index (χ1) is 11.8. The highest BCUT2D eigenvalue weighted by Crippen LogP contribution is 2.26. The summed E-state index contributed by atoms with van der Waals surface area (Å²) < 4.78 is 10.8. The molecule has 0 fully saturated rings. The second-order valence-electron chi connectivity index (χ2n) is 4.73. The van der Waals surface area contributed by atoms with Crippen LogP contribution >= 0.6 is 23.1 Å². The number of nitrogens with zero attached hydrogens (tertiary/aromatic N) is 2. The van der Waals surface area contributed by atoms with E-state index in [9.17, 15) is 4.79 Å². The maximum Gasteiger partial charge on any atom is 0.277 e. The largest absolute Gasteiger partial charge is 0.496 e. The third-order valence-electron chi connectivity index (χ3n) is 3.13. The number of carbonyl (C=O) groups excluding carboxylic acids is 1. The molecule has 0 saturated heterocycles. The summed E-state index contributed by atoms with van der Waals surface area (Å²) in [5.74, 6) is 1.33. The van der Waals surface area contributed by atoms with E-state index in [-0.39, 0.29) is 11.7 Å². The SMILES string of the molecule is COc1ccccc1CNC(=O)CSc1nnc(-c2cccs2)o1. The molecule has 0 aliphatic rings. The second-order valence-corrected chi connectivity index (χ2v) is 6.60. The molecule has 8 heteroatoms. The summed E-state index contributed by atoms with van der Waals surface area (Å²) in [4.78, 5) is 12.9. The number of methoxy groups -OCH3 is 1. The minimum Gasteiger partial charge on any atom is -0.496 e. The fourth-order valence-corrected chi connectivity index (χ4v) is 3.23. The number of aromatic nitrogens is 2. The lowest BCUT2D eigenvalue weighted by molar-refractivity contribution is -0.118. The zero-order chi connectivity index (χ0) is 16.8. The van der Waals surface area contributed by atoms with Crippen LogP contribution in [0.2, 0.25) is 0 Å². The molecular weight excluding hydrogens is 346 g/mol. The van der Waals surface area contributed by atoms with Crippen LogP contribution in [0.3, 0.4) is 0 Å². The highest BCUT2D eigenvalue weighted by atomic mass is 32.2. The number of carbonyl (C=O) groups is 1. The van der Waals surface area contributed by atoms with E-state index in [2.05, 4.69) is 15.5 Å². The number of thiophene rings is 1. The van der Waals surface area contributed by atoms with Gasteiger partial charge in [-0.15, -0.1) is 21.5 Å². The summed E-state index contributed by atoms with van der Waals surface area (Å²) >= 11 is 2.74. The normalized spacial score (nSPS) is 10.5. The Labute approximate surface area is 147 Å². The number of hydrogen-bond acceptors (Lipinski definition) is 7. The van der Waals surface area contributed by atoms with Crippen molar-refractivity contribution >= 4 is 29.0 Å². The van der Waals surface area contributed by atoms with Crippen LogP contribution < -0.4 is 10.1 Å². The number of benzene rings is 1. The molecule has 0 saturated carbocycles. The van der Waals surface area contributed by atoms with E-state index in [1.165, 1.54) is 23.1 Å². The topological polar surface area (TPSA) is 77.2 Å². The molecule has 0 aliphatic carbocycles. The minimum absolute atomic E-state index is 0.109. The standard InChI is InChI=1S/C16H15N3O3S2/c1-21-12-6-3-2-5-11(12)9-17-14(20)10-24-16-19-18-15(22-16)13-7-4-8-23-13/h2-8H,9-10H2,1H3,(H,17,20). The average molecular weight is 361 g/mol. The van der Waals surface area contributed by atoms with Gasteiger partial charge in [0, 0.05) is 12.1 Å². The third-order valence-corrected chi connectivity index (χ3v) is 4.81. The van der Waals surface area contributed by atoms with Crippen LogP contribution in [0.5, 0.6) is 5.75 Å². The van der Waals surface area contributed by atoms with E-state index < -0.39 is 0 Å². The van der Waals surface area contributed by atoms with Crippen molar-refractivity contribution < 1.29 is 13.9 Å². The fourth-order valence-electron chi connectivity index (χ4n) is 1.99. The number of ether oxygens (including phenoxy) is 1. The molecule has 124 valence electrons. The summed E-state index contributed by atoms with van der Waals surface area (Å²) in [7, 11) is 1.61. The zero-order valence-electron chi connectivity index (χ0n) is 12.9. The molecule has 2 aromatic heterocycles. The Morgan fingerprint density at radius 2 is 2.17 bits per heavy atom. The van der Waals surface area contributed by atoms with Crippen LogP contribution in [0.1, 0.15) is 5.56 Å². The maximum absolute atomic E-state index is 12.0. The molecule has 3 aromatic rings. The molecule has 0 aliphatic heterocycles. The van der Waals surface area contributed by atoms with Gasteiger partial charge in [0.2, 0.25) is 5.91 Å². The lowest BCUT2D eigenvalue weighted by Crippen LogP contribution is -2.24. The smallest absolute Gasteiger partial charge is 0.277 e. The molecule has 2 heterocycles. The van der Waals surface area contributed by atoms with Gasteiger partial charge in [-0.05, 0) is 17.5 Å². The molecule has 1 N–H and O–H groups in total. The Balaban J connectivity index is 1.49. The molecule has 1 aromatic carbocycles. The van der Waals surface area contributed by atoms with Crippen molar-refractivity contribution in [1.29, 1.82) is 0 Å². The van der Waals surface area contributed by atoms with Crippen molar-refractivity contribution in [3.05, 3.63) is 47.3 Å². The van der Waals surface area contributed by atoms with Gasteiger partial charge < -0.3 is 14.5 Å². The maximum atomic E-state index is 12.0. The van der Waals surface area contributed by atoms with Gasteiger partial charge in [0.1, 0.15) is 5.75 Å². The van der Waals surface area contributed by atoms with E-state index in [4.69, 9.17) is 9.15 Å². The molecular formula is C16H15N3O3S2. The second kappa shape index (κ2) is 7.98. The van der Waals surface area contributed by atoms with Gasteiger partial charge in [0.25, 0.3) is 11.1 Å². The number of amides is 1. The highest BCUT2D eigenvalue weighted by molar-refractivity contribution is 7.99. The summed E-state index contributed by atoms with van der Waals surface area (Å²) in [5, 5.41) is 13.1. The summed E-state index contributed by atoms with van der Waals surface area (Å²) in [6.45, 7) is 0.410. The quantitative estimate of drug-likeness (QED) is 0.651. The highest BCUT2D eigenvalue weighted by Gasteiger charge is 2.12. The number of hydrogen-bond donors (Lipinski definition) is 1. The van der Waals surface area contributed by atoms with Crippen molar-refractivity contribution in [2.24, 2.45) is 0 Å². The zero-order valence-corrected chi connectivity index (χ0v) is 14.5. The molecule has 24 heavy (non-hydrogen) atoms. The Morgan fingerprint density at radius 1 is 1.29 bits per heavy atom. The summed E-state index contributed by atoms with van der Waals surface area (Å²) in [5.41, 5.74) is 0.927. The van der Waals surface area contributed by atoms with Crippen LogP contribution in [-0.2, 0) is 11.3 Å². The number of thioether (sulfide) groups is 1. The molecule has 0 unspecified atom stereocenters. The Hall–Kier alpha value is -2.32. The van der Waals surface area contributed by atoms with E-state index in [1.807, 2.05) is 41.8 Å². The van der Waals surface area contributed by atoms with E-state index in [1.54, 1.807) is 7.11 Å². The number of nitrogens with one attached hydrogen (secondary N) is 1. The predicted molar refractivity (Wildman–Crippen MR) is 93.2 cm³/mol. The molecule has 0 spiro atoms. The van der Waals surface area contributed by atoms with Crippen molar-refractivity contribution in [2.45, 2.75) is 11.8 Å². The lowest BCUT2D eigenvalue weighted by Gasteiger charge is -2.08. The Morgan fingerprint density at radius 3 is 2.96 bits per heavy atom. The van der Waals surface area contributed by atoms with Gasteiger partial charge in [-0.25, -0.2) is 0 Å². The molecule has 0 atom stereocenters. The molecule has 0 bridgehead atoms. The van der Waals surface area contributed by atoms with Crippen LogP contribution in [0.25, 0.3) is 10.8 Å². The fraction of sp³-hybridized carbons (Fsp3) is 0.188. The van der Waals surface area contributed by atoms with Crippen LogP contribution in [0.4, 0.5) is 0 Å². The van der Waals surface area contributed by atoms with Crippen LogP contribution in [0, 0.1) is 0 Å². The molecule has 6 nitrogen and oxygen atoms in total. The van der Waals surface area contributed by atoms with Gasteiger partial charge in [0.05, 0.1) is 17.7 Å². The molecule has 0 radical (unpaired) electrons. The summed E-state index contributed by atoms with van der Waals surface area (Å²) in [6.07, 6.45) is 0. The number of para-hydroxylation sites is 1. The summed E-state index contributed by atoms with van der Waals surface area (Å²) in [6, 6.07) is 11.4. The minimum atomic E-state index is -0.109. The number of rotatable bonds is 7. The first-order valence-corrected chi connectivity index (χ1v) is 9.01. The van der Waals surface area contributed by atoms with Gasteiger partial charge in [-0.1, -0.05) is 36.0 Å². The van der Waals surface area contributed by atoms with Gasteiger partial charge in [-0.3, -0.25) is 4.79 Å². The molecule has 1 amide bonds. The van der Waals surface area contributed by atoms with E-state index in [0.717, 1.165) is 16.2 Å². The molecule has 3 rings (SSSR count). The average Bonchev–Trinajstić information content (AvgIpc) is 3.29. The van der Waals surface area contributed by atoms with Gasteiger partial charge in [0.15, 0.2) is 0 Å². The van der Waals surface area contributed by atoms with Crippen molar-refractivity contribution in [2.75, 3.05) is 12.9 Å². The Bertz CT molecular complexity index is 803. The van der Waals surface area contributed by atoms with E-state index >= 15 is 0 Å².